The first-order valence-electron chi connectivity index (χ1n) is 8.79. The minimum absolute atomic E-state index is 0.00437. The number of hydrogen-bond donors (Lipinski definition) is 3. The number of nitrogens with zero attached hydrogens (tertiary/aromatic N) is 1. The van der Waals surface area contributed by atoms with Gasteiger partial charge in [0.25, 0.3) is 5.69 Å². The van der Waals surface area contributed by atoms with Gasteiger partial charge in [0.2, 0.25) is 0 Å². The zero-order valence-electron chi connectivity index (χ0n) is 14.5. The van der Waals surface area contributed by atoms with Crippen molar-refractivity contribution in [3.63, 3.8) is 0 Å². The van der Waals surface area contributed by atoms with E-state index < -0.39 is 4.92 Å². The van der Waals surface area contributed by atoms with Gasteiger partial charge in [0.15, 0.2) is 0 Å². The first-order chi connectivity index (χ1) is 12.6. The average Bonchev–Trinajstić information content (AvgIpc) is 2.64. The number of nitro groups is 1. The van der Waals surface area contributed by atoms with Gasteiger partial charge in [-0.1, -0.05) is 30.3 Å². The third-order valence-electron chi connectivity index (χ3n) is 4.66. The van der Waals surface area contributed by atoms with Gasteiger partial charge in [-0.25, -0.2) is 4.79 Å². The number of nitrogens with one attached hydrogen (secondary N) is 3. The maximum absolute atomic E-state index is 12.1. The lowest BCUT2D eigenvalue weighted by atomic mass is 10.0. The lowest BCUT2D eigenvalue weighted by Crippen LogP contribution is -3.12. The number of carbonyl (C=O) groups is 1. The number of benzene rings is 2. The Labute approximate surface area is 152 Å². The summed E-state index contributed by atoms with van der Waals surface area (Å²) in [4.78, 5) is 23.8. The van der Waals surface area contributed by atoms with E-state index >= 15 is 0 Å². The second kappa shape index (κ2) is 8.44. The summed E-state index contributed by atoms with van der Waals surface area (Å²) in [6.07, 6.45) is 1.88. The van der Waals surface area contributed by atoms with Crippen LogP contribution in [0.25, 0.3) is 0 Å². The van der Waals surface area contributed by atoms with Crippen molar-refractivity contribution < 1.29 is 14.6 Å². The van der Waals surface area contributed by atoms with Crippen LogP contribution >= 0.6 is 0 Å². The van der Waals surface area contributed by atoms with Crippen LogP contribution in [0.2, 0.25) is 0 Å². The van der Waals surface area contributed by atoms with Crippen molar-refractivity contribution in [2.75, 3.05) is 18.4 Å². The summed E-state index contributed by atoms with van der Waals surface area (Å²) in [7, 11) is 0. The van der Waals surface area contributed by atoms with Crippen LogP contribution in [0.1, 0.15) is 18.4 Å². The highest BCUT2D eigenvalue weighted by molar-refractivity contribution is 5.89. The number of urea groups is 1. The first kappa shape index (κ1) is 17.9. The van der Waals surface area contributed by atoms with Crippen LogP contribution in [0, 0.1) is 10.1 Å². The number of likely N-dealkylation sites (tertiary alicyclic amines) is 1. The molecule has 3 N–H and O–H groups in total. The van der Waals surface area contributed by atoms with Gasteiger partial charge < -0.3 is 15.5 Å². The molecule has 7 nitrogen and oxygen atoms in total. The average molecular weight is 355 g/mol. The number of non-ortho nitro benzene ring substituents is 1. The Hall–Kier alpha value is -2.93. The summed E-state index contributed by atoms with van der Waals surface area (Å²) in [6, 6.07) is 16.2. The van der Waals surface area contributed by atoms with Crippen LogP contribution in [0.4, 0.5) is 16.2 Å². The summed E-state index contributed by atoms with van der Waals surface area (Å²) in [5.41, 5.74) is 1.88. The van der Waals surface area contributed by atoms with E-state index in [9.17, 15) is 14.9 Å². The Kier molecular flexibility index (Phi) is 5.80. The number of amides is 2. The fourth-order valence-corrected chi connectivity index (χ4v) is 3.25. The maximum Gasteiger partial charge on any atom is 0.319 e. The number of anilines is 1. The van der Waals surface area contributed by atoms with Gasteiger partial charge >= 0.3 is 6.03 Å². The Bertz CT molecular complexity index is 741. The Morgan fingerprint density at radius 2 is 1.73 bits per heavy atom. The fourth-order valence-electron chi connectivity index (χ4n) is 3.25. The standard InChI is InChI=1S/C19H22N4O3/c24-19(20-16-6-8-18(9-7-16)23(25)26)21-17-10-12-22(13-11-17)14-15-4-2-1-3-5-15/h1-9,17H,10-14H2,(H2,20,21,24)/p+1. The second-order valence-electron chi connectivity index (χ2n) is 6.59. The van der Waals surface area contributed by atoms with Crippen LogP contribution < -0.4 is 15.5 Å². The third kappa shape index (κ3) is 5.03. The molecule has 2 amide bonds. The molecule has 0 aliphatic carbocycles. The zero-order valence-corrected chi connectivity index (χ0v) is 14.5. The Morgan fingerprint density at radius 3 is 2.35 bits per heavy atom. The zero-order chi connectivity index (χ0) is 18.4. The van der Waals surface area contributed by atoms with E-state index in [2.05, 4.69) is 34.9 Å². The summed E-state index contributed by atoms with van der Waals surface area (Å²) in [5.74, 6) is 0. The number of nitro benzene ring substituents is 1. The van der Waals surface area contributed by atoms with Crippen LogP contribution in [0.3, 0.4) is 0 Å². The lowest BCUT2D eigenvalue weighted by Gasteiger charge is -2.29. The quantitative estimate of drug-likeness (QED) is 0.566. The van der Waals surface area contributed by atoms with Gasteiger partial charge in [0.1, 0.15) is 6.54 Å². The van der Waals surface area contributed by atoms with Gasteiger partial charge in [-0.3, -0.25) is 10.1 Å². The van der Waals surface area contributed by atoms with Gasteiger partial charge in [-0.2, -0.15) is 0 Å². The molecule has 1 saturated heterocycles. The molecule has 0 bridgehead atoms. The van der Waals surface area contributed by atoms with Gasteiger partial charge in [0.05, 0.1) is 18.0 Å². The number of piperidine rings is 1. The Balaban J connectivity index is 1.42. The van der Waals surface area contributed by atoms with E-state index in [4.69, 9.17) is 0 Å². The molecular weight excluding hydrogens is 332 g/mol. The van der Waals surface area contributed by atoms with Crippen LogP contribution in [-0.2, 0) is 6.54 Å². The predicted molar refractivity (Wildman–Crippen MR) is 99.1 cm³/mol. The largest absolute Gasteiger partial charge is 0.335 e. The monoisotopic (exact) mass is 355 g/mol. The molecule has 0 aromatic heterocycles. The van der Waals surface area contributed by atoms with Gasteiger partial charge in [-0.05, 0) is 12.1 Å². The third-order valence-corrected chi connectivity index (χ3v) is 4.66. The molecule has 0 spiro atoms. The lowest BCUT2D eigenvalue weighted by molar-refractivity contribution is -0.918. The minimum atomic E-state index is -0.463. The first-order valence-corrected chi connectivity index (χ1v) is 8.79. The van der Waals surface area contributed by atoms with Crippen molar-refractivity contribution in [1.29, 1.82) is 0 Å². The molecule has 136 valence electrons. The maximum atomic E-state index is 12.1. The van der Waals surface area contributed by atoms with Crippen LogP contribution in [0.15, 0.2) is 54.6 Å². The van der Waals surface area contributed by atoms with E-state index in [0.717, 1.165) is 32.5 Å². The molecule has 1 aliphatic heterocycles. The minimum Gasteiger partial charge on any atom is -0.335 e. The second-order valence-corrected chi connectivity index (χ2v) is 6.59. The molecular formula is C19H23N4O3+. The van der Waals surface area contributed by atoms with E-state index in [-0.39, 0.29) is 17.8 Å². The van der Waals surface area contributed by atoms with E-state index in [1.54, 1.807) is 0 Å². The molecule has 1 aliphatic rings. The van der Waals surface area contributed by atoms with Crippen molar-refractivity contribution in [2.45, 2.75) is 25.4 Å². The molecule has 0 unspecified atom stereocenters. The SMILES string of the molecule is O=C(Nc1ccc([N+](=O)[O-])cc1)NC1CC[NH+](Cc2ccccc2)CC1. The number of hydrogen-bond acceptors (Lipinski definition) is 3. The number of carbonyl (C=O) groups excluding carboxylic acids is 1. The highest BCUT2D eigenvalue weighted by Crippen LogP contribution is 2.15. The van der Waals surface area contributed by atoms with E-state index in [0.29, 0.717) is 5.69 Å². The highest BCUT2D eigenvalue weighted by Gasteiger charge is 2.23. The topological polar surface area (TPSA) is 88.7 Å². The van der Waals surface area contributed by atoms with Crippen molar-refractivity contribution in [2.24, 2.45) is 0 Å². The van der Waals surface area contributed by atoms with Crippen molar-refractivity contribution >= 4 is 17.4 Å². The van der Waals surface area contributed by atoms with Crippen molar-refractivity contribution in [3.8, 4) is 0 Å². The number of rotatable bonds is 5. The Morgan fingerprint density at radius 1 is 1.08 bits per heavy atom. The van der Waals surface area contributed by atoms with Crippen LogP contribution in [-0.4, -0.2) is 30.1 Å². The normalized spacial score (nSPS) is 19.5. The summed E-state index contributed by atoms with van der Waals surface area (Å²) in [5, 5.41) is 16.4. The molecule has 7 heteroatoms. The van der Waals surface area contributed by atoms with Crippen molar-refractivity contribution in [3.05, 3.63) is 70.3 Å². The molecule has 26 heavy (non-hydrogen) atoms. The molecule has 0 atom stereocenters. The summed E-state index contributed by atoms with van der Waals surface area (Å²) < 4.78 is 0. The van der Waals surface area contributed by atoms with Crippen molar-refractivity contribution in [1.82, 2.24) is 5.32 Å². The van der Waals surface area contributed by atoms with E-state index in [1.807, 2.05) is 6.07 Å². The van der Waals surface area contributed by atoms with Gasteiger partial charge in [0, 0.05) is 42.3 Å². The molecule has 3 rings (SSSR count). The van der Waals surface area contributed by atoms with Crippen LogP contribution in [0.5, 0.6) is 0 Å². The number of quaternary nitrogens is 1. The highest BCUT2D eigenvalue weighted by atomic mass is 16.6. The summed E-state index contributed by atoms with van der Waals surface area (Å²) >= 11 is 0. The fraction of sp³-hybridized carbons (Fsp3) is 0.316. The van der Waals surface area contributed by atoms with Gasteiger partial charge in [-0.15, -0.1) is 0 Å². The van der Waals surface area contributed by atoms with E-state index in [1.165, 1.54) is 34.7 Å². The molecule has 2 aromatic carbocycles. The molecule has 0 saturated carbocycles. The molecule has 2 aromatic rings. The molecule has 1 fully saturated rings. The smallest absolute Gasteiger partial charge is 0.319 e. The molecule has 0 radical (unpaired) electrons. The predicted octanol–water partition coefficient (Wildman–Crippen LogP) is 1.96. The summed E-state index contributed by atoms with van der Waals surface area (Å²) in [6.45, 7) is 3.07. The molecule has 1 heterocycles.